The Hall–Kier alpha value is -2.89. The van der Waals surface area contributed by atoms with E-state index in [-0.39, 0.29) is 18.2 Å². The van der Waals surface area contributed by atoms with Crippen LogP contribution in [0.25, 0.3) is 0 Å². The van der Waals surface area contributed by atoms with Crippen LogP contribution < -0.4 is 15.0 Å². The van der Waals surface area contributed by atoms with E-state index in [1.165, 1.54) is 0 Å². The maximum Gasteiger partial charge on any atom is 0.267 e. The fraction of sp³-hybridized carbons (Fsp3) is 0.278. The molecule has 1 aromatic heterocycles. The molecule has 2 heterocycles. The molecule has 1 aliphatic heterocycles. The summed E-state index contributed by atoms with van der Waals surface area (Å²) in [5, 5.41) is 2.75. The molecule has 1 atom stereocenters. The molecule has 2 amide bonds. The zero-order valence-electron chi connectivity index (χ0n) is 13.7. The van der Waals surface area contributed by atoms with Gasteiger partial charge in [-0.05, 0) is 38.1 Å². The average molecular weight is 325 g/mol. The van der Waals surface area contributed by atoms with Crippen LogP contribution in [-0.4, -0.2) is 29.4 Å². The topological polar surface area (TPSA) is 71.5 Å². The van der Waals surface area contributed by atoms with Crippen molar-refractivity contribution < 1.29 is 14.3 Å². The highest BCUT2D eigenvalue weighted by Crippen LogP contribution is 2.33. The molecule has 24 heavy (non-hydrogen) atoms. The third-order valence-corrected chi connectivity index (χ3v) is 3.79. The zero-order chi connectivity index (χ0) is 17.1. The van der Waals surface area contributed by atoms with Gasteiger partial charge in [-0.25, -0.2) is 4.98 Å². The van der Waals surface area contributed by atoms with Crippen molar-refractivity contribution in [3.8, 4) is 5.75 Å². The van der Waals surface area contributed by atoms with Crippen molar-refractivity contribution >= 4 is 23.3 Å². The summed E-state index contributed by atoms with van der Waals surface area (Å²) in [7, 11) is 0. The molecular formula is C18H19N3O3. The van der Waals surface area contributed by atoms with Crippen LogP contribution in [0.4, 0.5) is 11.5 Å². The predicted molar refractivity (Wildman–Crippen MR) is 91.1 cm³/mol. The third kappa shape index (κ3) is 3.37. The molecule has 2 aromatic rings. The van der Waals surface area contributed by atoms with Gasteiger partial charge in [-0.3, -0.25) is 9.59 Å². The number of anilines is 2. The Balaban J connectivity index is 1.67. The maximum atomic E-state index is 12.4. The van der Waals surface area contributed by atoms with Crippen LogP contribution in [0.3, 0.4) is 0 Å². The van der Waals surface area contributed by atoms with Gasteiger partial charge in [0.25, 0.3) is 5.91 Å². The maximum absolute atomic E-state index is 12.4. The number of aromatic nitrogens is 1. The molecule has 1 aliphatic rings. The number of hydrogen-bond donors (Lipinski definition) is 1. The van der Waals surface area contributed by atoms with Crippen molar-refractivity contribution in [1.82, 2.24) is 4.98 Å². The Labute approximate surface area is 140 Å². The fourth-order valence-electron chi connectivity index (χ4n) is 2.62. The van der Waals surface area contributed by atoms with Gasteiger partial charge in [0.05, 0.1) is 5.69 Å². The first kappa shape index (κ1) is 16.0. The molecule has 0 unspecified atom stereocenters. The normalized spacial score (nSPS) is 16.3. The molecule has 124 valence electrons. The first-order valence-corrected chi connectivity index (χ1v) is 7.85. The average Bonchev–Trinajstić information content (AvgIpc) is 2.55. The van der Waals surface area contributed by atoms with Gasteiger partial charge < -0.3 is 15.0 Å². The number of ether oxygens (including phenoxy) is 1. The molecule has 3 rings (SSSR count). The lowest BCUT2D eigenvalue weighted by Gasteiger charge is -2.32. The summed E-state index contributed by atoms with van der Waals surface area (Å²) in [6.07, 6.45) is -0.371. The molecule has 6 nitrogen and oxygen atoms in total. The summed E-state index contributed by atoms with van der Waals surface area (Å²) in [5.41, 5.74) is 1.53. The zero-order valence-corrected chi connectivity index (χ0v) is 13.7. The number of aryl methyl sites for hydroxylation is 1. The van der Waals surface area contributed by atoms with E-state index in [0.717, 1.165) is 5.69 Å². The fourth-order valence-corrected chi connectivity index (χ4v) is 2.62. The van der Waals surface area contributed by atoms with Crippen LogP contribution >= 0.6 is 0 Å². The van der Waals surface area contributed by atoms with E-state index in [2.05, 4.69) is 10.3 Å². The second kappa shape index (κ2) is 6.70. The van der Waals surface area contributed by atoms with Crippen molar-refractivity contribution in [2.45, 2.75) is 26.4 Å². The Morgan fingerprint density at radius 2 is 2.04 bits per heavy atom. The van der Waals surface area contributed by atoms with Gasteiger partial charge in [0, 0.05) is 18.7 Å². The molecule has 1 aromatic carbocycles. The summed E-state index contributed by atoms with van der Waals surface area (Å²) < 4.78 is 5.59. The van der Waals surface area contributed by atoms with E-state index >= 15 is 0 Å². The summed E-state index contributed by atoms with van der Waals surface area (Å²) in [4.78, 5) is 30.3. The SMILES string of the molecule is Cc1cccc(NC(=O)CCN2C(=O)[C@H](C)Oc3ccccc32)n1. The van der Waals surface area contributed by atoms with E-state index < -0.39 is 6.10 Å². The van der Waals surface area contributed by atoms with Crippen molar-refractivity contribution in [1.29, 1.82) is 0 Å². The number of pyridine rings is 1. The number of rotatable bonds is 4. The van der Waals surface area contributed by atoms with Gasteiger partial charge >= 0.3 is 0 Å². The third-order valence-electron chi connectivity index (χ3n) is 3.79. The molecule has 6 heteroatoms. The number of para-hydroxylation sites is 2. The number of carbonyl (C=O) groups is 2. The standard InChI is InChI=1S/C18H19N3O3/c1-12-6-5-9-16(19-12)20-17(22)10-11-21-14-7-3-4-8-15(14)24-13(2)18(21)23/h3-9,13H,10-11H2,1-2H3,(H,19,20,22)/t13-/m0/s1. The van der Waals surface area contributed by atoms with Gasteiger partial charge in [0.2, 0.25) is 5.91 Å². The first-order chi connectivity index (χ1) is 11.5. The van der Waals surface area contributed by atoms with Crippen LogP contribution in [0.5, 0.6) is 5.75 Å². The minimum Gasteiger partial charge on any atom is -0.479 e. The highest BCUT2D eigenvalue weighted by molar-refractivity contribution is 6.00. The van der Waals surface area contributed by atoms with Crippen LogP contribution in [-0.2, 0) is 9.59 Å². The van der Waals surface area contributed by atoms with Gasteiger partial charge in [-0.1, -0.05) is 18.2 Å². The number of carbonyl (C=O) groups excluding carboxylic acids is 2. The molecule has 0 aliphatic carbocycles. The largest absolute Gasteiger partial charge is 0.479 e. The lowest BCUT2D eigenvalue weighted by molar-refractivity contribution is -0.125. The van der Waals surface area contributed by atoms with E-state index in [0.29, 0.717) is 23.8 Å². The van der Waals surface area contributed by atoms with E-state index in [4.69, 9.17) is 4.74 Å². The highest BCUT2D eigenvalue weighted by Gasteiger charge is 2.31. The number of nitrogens with one attached hydrogen (secondary N) is 1. The van der Waals surface area contributed by atoms with Gasteiger partial charge in [-0.15, -0.1) is 0 Å². The van der Waals surface area contributed by atoms with Crippen molar-refractivity contribution in [2.24, 2.45) is 0 Å². The lowest BCUT2D eigenvalue weighted by atomic mass is 10.1. The van der Waals surface area contributed by atoms with Crippen molar-refractivity contribution in [3.05, 3.63) is 48.2 Å². The molecule has 0 spiro atoms. The molecule has 0 saturated heterocycles. The summed E-state index contributed by atoms with van der Waals surface area (Å²) in [6.45, 7) is 3.86. The second-order valence-electron chi connectivity index (χ2n) is 5.68. The van der Waals surface area contributed by atoms with Crippen LogP contribution in [0.15, 0.2) is 42.5 Å². The van der Waals surface area contributed by atoms with Gasteiger partial charge in [-0.2, -0.15) is 0 Å². The molecule has 0 saturated carbocycles. The quantitative estimate of drug-likeness (QED) is 0.937. The lowest BCUT2D eigenvalue weighted by Crippen LogP contribution is -2.45. The minimum atomic E-state index is -0.554. The molecule has 0 radical (unpaired) electrons. The van der Waals surface area contributed by atoms with E-state index in [1.54, 1.807) is 17.9 Å². The van der Waals surface area contributed by atoms with E-state index in [9.17, 15) is 9.59 Å². The van der Waals surface area contributed by atoms with Crippen molar-refractivity contribution in [2.75, 3.05) is 16.8 Å². The Bertz CT molecular complexity index is 776. The number of nitrogens with zero attached hydrogens (tertiary/aromatic N) is 2. The monoisotopic (exact) mass is 325 g/mol. The van der Waals surface area contributed by atoms with Gasteiger partial charge in [0.1, 0.15) is 11.6 Å². The molecular weight excluding hydrogens is 306 g/mol. The van der Waals surface area contributed by atoms with Crippen LogP contribution in [0.1, 0.15) is 19.0 Å². The van der Waals surface area contributed by atoms with Crippen molar-refractivity contribution in [3.63, 3.8) is 0 Å². The minimum absolute atomic E-state index is 0.143. The van der Waals surface area contributed by atoms with E-state index in [1.807, 2.05) is 43.3 Å². The number of benzene rings is 1. The first-order valence-electron chi connectivity index (χ1n) is 7.85. The predicted octanol–water partition coefficient (Wildman–Crippen LogP) is 2.53. The summed E-state index contributed by atoms with van der Waals surface area (Å²) in [6, 6.07) is 12.8. The van der Waals surface area contributed by atoms with Gasteiger partial charge in [0.15, 0.2) is 6.10 Å². The molecule has 1 N–H and O–H groups in total. The highest BCUT2D eigenvalue weighted by atomic mass is 16.5. The Morgan fingerprint density at radius 3 is 2.83 bits per heavy atom. The van der Waals surface area contributed by atoms with Crippen LogP contribution in [0, 0.1) is 6.92 Å². The van der Waals surface area contributed by atoms with Crippen LogP contribution in [0.2, 0.25) is 0 Å². The summed E-state index contributed by atoms with van der Waals surface area (Å²) >= 11 is 0. The molecule has 0 bridgehead atoms. The number of fused-ring (bicyclic) bond motifs is 1. The smallest absolute Gasteiger partial charge is 0.267 e. The Morgan fingerprint density at radius 1 is 1.25 bits per heavy atom. The number of hydrogen-bond acceptors (Lipinski definition) is 4. The Kier molecular flexibility index (Phi) is 4.46. The molecule has 0 fully saturated rings. The number of amides is 2. The summed E-state index contributed by atoms with van der Waals surface area (Å²) in [5.74, 6) is 0.847. The second-order valence-corrected chi connectivity index (χ2v) is 5.68.